The summed E-state index contributed by atoms with van der Waals surface area (Å²) in [6, 6.07) is 0. The van der Waals surface area contributed by atoms with Gasteiger partial charge in [-0.15, -0.1) is 10.2 Å². The number of nitrogens with one attached hydrogen (secondary N) is 1. The molecule has 22 heavy (non-hydrogen) atoms. The Labute approximate surface area is 129 Å². The minimum Gasteiger partial charge on any atom is -0.446 e. The Morgan fingerprint density at radius 2 is 2.14 bits per heavy atom. The van der Waals surface area contributed by atoms with Crippen molar-refractivity contribution in [3.05, 3.63) is 11.6 Å². The first-order valence-electron chi connectivity index (χ1n) is 7.50. The molecule has 0 saturated carbocycles. The summed E-state index contributed by atoms with van der Waals surface area (Å²) in [5.41, 5.74) is 0. The highest BCUT2D eigenvalue weighted by molar-refractivity contribution is 5.91. The van der Waals surface area contributed by atoms with Gasteiger partial charge in [-0.3, -0.25) is 4.79 Å². The SMILES string of the molecule is CC(C)CC(C)OC(=O)N(C)Cc1nnc2n1CCNC2=O. The number of fused-ring (bicyclic) bond motifs is 1. The van der Waals surface area contributed by atoms with Crippen LogP contribution in [-0.4, -0.2) is 51.4 Å². The van der Waals surface area contributed by atoms with Gasteiger partial charge in [-0.1, -0.05) is 13.8 Å². The van der Waals surface area contributed by atoms with E-state index >= 15 is 0 Å². The Morgan fingerprint density at radius 3 is 2.82 bits per heavy atom. The predicted molar refractivity (Wildman–Crippen MR) is 79.2 cm³/mol. The van der Waals surface area contributed by atoms with Crippen molar-refractivity contribution in [3.63, 3.8) is 0 Å². The molecule has 8 heteroatoms. The fraction of sp³-hybridized carbons (Fsp3) is 0.714. The van der Waals surface area contributed by atoms with E-state index < -0.39 is 6.09 Å². The molecule has 0 bridgehead atoms. The molecule has 0 aromatic carbocycles. The highest BCUT2D eigenvalue weighted by Gasteiger charge is 2.24. The molecule has 2 amide bonds. The molecule has 1 unspecified atom stereocenters. The molecule has 0 radical (unpaired) electrons. The lowest BCUT2D eigenvalue weighted by Crippen LogP contribution is -2.37. The van der Waals surface area contributed by atoms with Gasteiger partial charge in [0.1, 0.15) is 6.10 Å². The van der Waals surface area contributed by atoms with Gasteiger partial charge in [-0.25, -0.2) is 4.79 Å². The number of ether oxygens (including phenoxy) is 1. The molecule has 0 aliphatic carbocycles. The quantitative estimate of drug-likeness (QED) is 0.877. The second-order valence-corrected chi connectivity index (χ2v) is 6.03. The van der Waals surface area contributed by atoms with E-state index in [2.05, 4.69) is 29.4 Å². The van der Waals surface area contributed by atoms with Crippen molar-refractivity contribution < 1.29 is 14.3 Å². The first-order valence-corrected chi connectivity index (χ1v) is 7.50. The van der Waals surface area contributed by atoms with Gasteiger partial charge in [0.25, 0.3) is 5.91 Å². The number of rotatable bonds is 5. The summed E-state index contributed by atoms with van der Waals surface area (Å²) >= 11 is 0. The number of nitrogens with zero attached hydrogens (tertiary/aromatic N) is 4. The lowest BCUT2D eigenvalue weighted by Gasteiger charge is -2.22. The normalized spacial score (nSPS) is 15.2. The van der Waals surface area contributed by atoms with Crippen LogP contribution in [0.25, 0.3) is 0 Å². The van der Waals surface area contributed by atoms with Gasteiger partial charge in [-0.2, -0.15) is 0 Å². The lowest BCUT2D eigenvalue weighted by atomic mass is 10.1. The second-order valence-electron chi connectivity index (χ2n) is 6.03. The first kappa shape index (κ1) is 16.3. The van der Waals surface area contributed by atoms with Crippen LogP contribution in [0.5, 0.6) is 0 Å². The van der Waals surface area contributed by atoms with E-state index in [9.17, 15) is 9.59 Å². The van der Waals surface area contributed by atoms with Crippen molar-refractivity contribution >= 4 is 12.0 Å². The van der Waals surface area contributed by atoms with E-state index in [0.29, 0.717) is 24.8 Å². The number of carbonyl (C=O) groups is 2. The van der Waals surface area contributed by atoms with Crippen molar-refractivity contribution in [3.8, 4) is 0 Å². The van der Waals surface area contributed by atoms with Crippen molar-refractivity contribution in [2.45, 2.75) is 46.4 Å². The number of aromatic nitrogens is 3. The molecule has 2 heterocycles. The molecule has 1 aromatic heterocycles. The van der Waals surface area contributed by atoms with Crippen molar-refractivity contribution in [2.75, 3.05) is 13.6 Å². The third kappa shape index (κ3) is 3.75. The molecule has 0 spiro atoms. The van der Waals surface area contributed by atoms with Crippen molar-refractivity contribution in [1.29, 1.82) is 0 Å². The molecule has 1 aromatic rings. The predicted octanol–water partition coefficient (Wildman–Crippen LogP) is 1.02. The van der Waals surface area contributed by atoms with E-state index in [1.165, 1.54) is 4.90 Å². The van der Waals surface area contributed by atoms with E-state index in [1.54, 1.807) is 11.6 Å². The topological polar surface area (TPSA) is 89.3 Å². The maximum atomic E-state index is 12.1. The third-order valence-electron chi connectivity index (χ3n) is 3.45. The Morgan fingerprint density at radius 1 is 1.41 bits per heavy atom. The summed E-state index contributed by atoms with van der Waals surface area (Å²) in [5.74, 6) is 1.10. The Balaban J connectivity index is 1.96. The summed E-state index contributed by atoms with van der Waals surface area (Å²) in [4.78, 5) is 25.1. The van der Waals surface area contributed by atoms with Crippen LogP contribution >= 0.6 is 0 Å². The number of hydrogen-bond acceptors (Lipinski definition) is 5. The largest absolute Gasteiger partial charge is 0.446 e. The van der Waals surface area contributed by atoms with Gasteiger partial charge in [0, 0.05) is 20.1 Å². The summed E-state index contributed by atoms with van der Waals surface area (Å²) in [7, 11) is 1.65. The third-order valence-corrected chi connectivity index (χ3v) is 3.45. The standard InChI is InChI=1S/C14H23N5O3/c1-9(2)7-10(3)22-14(21)18(4)8-11-16-17-12-13(20)15-5-6-19(11)12/h9-10H,5-8H2,1-4H3,(H,15,20). The molecule has 2 rings (SSSR count). The summed E-state index contributed by atoms with van der Waals surface area (Å²) < 4.78 is 7.12. The molecular formula is C14H23N5O3. The molecule has 1 aliphatic heterocycles. The fourth-order valence-electron chi connectivity index (χ4n) is 2.47. The smallest absolute Gasteiger partial charge is 0.410 e. The van der Waals surface area contributed by atoms with E-state index in [0.717, 1.165) is 6.42 Å². The van der Waals surface area contributed by atoms with E-state index in [-0.39, 0.29) is 24.4 Å². The van der Waals surface area contributed by atoms with Crippen LogP contribution in [0, 0.1) is 5.92 Å². The van der Waals surface area contributed by atoms with Gasteiger partial charge in [0.2, 0.25) is 5.82 Å². The molecule has 1 N–H and O–H groups in total. The summed E-state index contributed by atoms with van der Waals surface area (Å²) in [6.07, 6.45) is 0.291. The maximum Gasteiger partial charge on any atom is 0.410 e. The average Bonchev–Trinajstić information content (AvgIpc) is 2.82. The van der Waals surface area contributed by atoms with Gasteiger partial charge in [0.15, 0.2) is 5.82 Å². The highest BCUT2D eigenvalue weighted by atomic mass is 16.6. The fourth-order valence-corrected chi connectivity index (χ4v) is 2.47. The van der Waals surface area contributed by atoms with Crippen LogP contribution in [0.2, 0.25) is 0 Å². The number of amides is 2. The molecule has 1 aliphatic rings. The zero-order chi connectivity index (χ0) is 16.3. The molecule has 122 valence electrons. The van der Waals surface area contributed by atoms with E-state index in [4.69, 9.17) is 4.74 Å². The molecule has 8 nitrogen and oxygen atoms in total. The summed E-state index contributed by atoms with van der Waals surface area (Å²) in [5, 5.41) is 10.6. The zero-order valence-corrected chi connectivity index (χ0v) is 13.5. The first-order chi connectivity index (χ1) is 10.4. The van der Waals surface area contributed by atoms with Crippen molar-refractivity contribution in [1.82, 2.24) is 25.0 Å². The molecule has 0 saturated heterocycles. The van der Waals surface area contributed by atoms with Crippen LogP contribution in [-0.2, 0) is 17.8 Å². The lowest BCUT2D eigenvalue weighted by molar-refractivity contribution is 0.0653. The second kappa shape index (κ2) is 6.76. The van der Waals surface area contributed by atoms with Crippen molar-refractivity contribution in [2.24, 2.45) is 5.92 Å². The van der Waals surface area contributed by atoms with Gasteiger partial charge >= 0.3 is 6.09 Å². The highest BCUT2D eigenvalue weighted by Crippen LogP contribution is 2.11. The van der Waals surface area contributed by atoms with Crippen LogP contribution in [0.4, 0.5) is 4.79 Å². The average molecular weight is 309 g/mol. The Bertz CT molecular complexity index is 555. The van der Waals surface area contributed by atoms with Crippen LogP contribution in [0.3, 0.4) is 0 Å². The monoisotopic (exact) mass is 309 g/mol. The number of hydrogen-bond donors (Lipinski definition) is 1. The minimum atomic E-state index is -0.397. The summed E-state index contributed by atoms with van der Waals surface area (Å²) in [6.45, 7) is 7.46. The Kier molecular flexibility index (Phi) is 4.99. The molecular weight excluding hydrogens is 286 g/mol. The zero-order valence-electron chi connectivity index (χ0n) is 13.5. The van der Waals surface area contributed by atoms with Crippen LogP contribution < -0.4 is 5.32 Å². The van der Waals surface area contributed by atoms with Crippen LogP contribution in [0.15, 0.2) is 0 Å². The minimum absolute atomic E-state index is 0.131. The van der Waals surface area contributed by atoms with Gasteiger partial charge in [0.05, 0.1) is 6.54 Å². The van der Waals surface area contributed by atoms with Crippen LogP contribution in [0.1, 0.15) is 43.6 Å². The maximum absolute atomic E-state index is 12.1. The van der Waals surface area contributed by atoms with E-state index in [1.807, 2.05) is 6.92 Å². The van der Waals surface area contributed by atoms with Gasteiger partial charge < -0.3 is 19.5 Å². The molecule has 1 atom stereocenters. The van der Waals surface area contributed by atoms with Gasteiger partial charge in [-0.05, 0) is 19.3 Å². The Hall–Kier alpha value is -2.12. The number of carbonyl (C=O) groups excluding carboxylic acids is 2. The molecule has 0 fully saturated rings.